The molecule has 0 aromatic heterocycles. The fourth-order valence-corrected chi connectivity index (χ4v) is 5.09. The third kappa shape index (κ3) is 6.56. The van der Waals surface area contributed by atoms with Gasteiger partial charge in [-0.3, -0.25) is 19.3 Å². The Bertz CT molecular complexity index is 1450. The van der Waals surface area contributed by atoms with E-state index in [-0.39, 0.29) is 17.3 Å². The lowest BCUT2D eigenvalue weighted by atomic mass is 10.1. The Balaban J connectivity index is 1.46. The second-order valence-corrected chi connectivity index (χ2v) is 10.5. The maximum atomic E-state index is 13.1. The summed E-state index contributed by atoms with van der Waals surface area (Å²) in [6.07, 6.45) is 1.54. The number of hydrogen-bond acceptors (Lipinski definition) is 6. The molecule has 0 atom stereocenters. The average molecular weight is 620 g/mol. The summed E-state index contributed by atoms with van der Waals surface area (Å²) in [5.74, 6) is -0.625. The maximum Gasteiger partial charge on any atom is 0.294 e. The fourth-order valence-electron chi connectivity index (χ4n) is 3.50. The van der Waals surface area contributed by atoms with Crippen molar-refractivity contribution in [3.8, 4) is 11.5 Å². The minimum absolute atomic E-state index is 0.162. The highest BCUT2D eigenvalue weighted by molar-refractivity contribution is 9.10. The number of nitrogens with zero attached hydrogens (tertiary/aromatic N) is 1. The van der Waals surface area contributed by atoms with Crippen molar-refractivity contribution in [1.29, 1.82) is 0 Å². The first-order valence-electron chi connectivity index (χ1n) is 11.2. The minimum atomic E-state index is -0.580. The topological polar surface area (TPSA) is 84.9 Å². The maximum absolute atomic E-state index is 13.1. The van der Waals surface area contributed by atoms with Crippen molar-refractivity contribution in [2.24, 2.45) is 0 Å². The minimum Gasteiger partial charge on any atom is -0.493 e. The van der Waals surface area contributed by atoms with Crippen molar-refractivity contribution in [2.75, 3.05) is 19.0 Å². The monoisotopic (exact) mass is 618 g/mol. The van der Waals surface area contributed by atoms with Crippen molar-refractivity contribution in [2.45, 2.75) is 13.5 Å². The van der Waals surface area contributed by atoms with E-state index < -0.39 is 23.6 Å². The number of imide groups is 1. The highest BCUT2D eigenvalue weighted by Crippen LogP contribution is 2.39. The van der Waals surface area contributed by atoms with E-state index in [0.717, 1.165) is 27.8 Å². The van der Waals surface area contributed by atoms with E-state index >= 15 is 0 Å². The van der Waals surface area contributed by atoms with E-state index in [4.69, 9.17) is 21.1 Å². The molecule has 7 nitrogen and oxygen atoms in total. The number of anilines is 1. The van der Waals surface area contributed by atoms with Crippen LogP contribution >= 0.6 is 39.3 Å². The molecule has 0 saturated carbocycles. The summed E-state index contributed by atoms with van der Waals surface area (Å²) in [4.78, 5) is 39.0. The number of methoxy groups -OCH3 is 1. The van der Waals surface area contributed by atoms with Crippen LogP contribution in [0.1, 0.15) is 16.7 Å². The van der Waals surface area contributed by atoms with Gasteiger partial charge >= 0.3 is 0 Å². The van der Waals surface area contributed by atoms with Gasteiger partial charge in [0.1, 0.15) is 19.0 Å². The summed E-state index contributed by atoms with van der Waals surface area (Å²) < 4.78 is 25.0. The molecule has 0 spiro atoms. The first-order chi connectivity index (χ1) is 18.1. The Kier molecular flexibility index (Phi) is 8.76. The fraction of sp³-hybridized carbons (Fsp3) is 0.148. The molecule has 1 saturated heterocycles. The van der Waals surface area contributed by atoms with Crippen molar-refractivity contribution in [3.63, 3.8) is 0 Å². The summed E-state index contributed by atoms with van der Waals surface area (Å²) in [6, 6.07) is 14.4. The van der Waals surface area contributed by atoms with Crippen LogP contribution in [0.3, 0.4) is 0 Å². The van der Waals surface area contributed by atoms with Crippen LogP contribution in [-0.2, 0) is 16.2 Å². The van der Waals surface area contributed by atoms with Crippen molar-refractivity contribution < 1.29 is 28.2 Å². The molecule has 1 heterocycles. The van der Waals surface area contributed by atoms with Crippen LogP contribution in [-0.4, -0.2) is 35.6 Å². The highest BCUT2D eigenvalue weighted by Gasteiger charge is 2.36. The Morgan fingerprint density at radius 3 is 2.58 bits per heavy atom. The van der Waals surface area contributed by atoms with Gasteiger partial charge in [-0.2, -0.15) is 0 Å². The summed E-state index contributed by atoms with van der Waals surface area (Å²) in [5, 5.41) is 2.58. The molecule has 1 aliphatic rings. The number of ether oxygens (including phenoxy) is 2. The second kappa shape index (κ2) is 12.0. The number of carbonyl (C=O) groups excluding carboxylic acids is 3. The Morgan fingerprint density at radius 1 is 1.16 bits per heavy atom. The molecular formula is C27H21BrClFN2O5S. The number of amides is 3. The molecule has 0 bridgehead atoms. The van der Waals surface area contributed by atoms with Crippen LogP contribution < -0.4 is 14.8 Å². The van der Waals surface area contributed by atoms with Gasteiger partial charge in [-0.1, -0.05) is 29.8 Å². The molecule has 3 amide bonds. The number of hydrogen-bond donors (Lipinski definition) is 1. The van der Waals surface area contributed by atoms with Crippen LogP contribution in [0.4, 0.5) is 14.9 Å². The van der Waals surface area contributed by atoms with Crippen molar-refractivity contribution >= 4 is 68.1 Å². The van der Waals surface area contributed by atoms with Crippen molar-refractivity contribution in [3.05, 3.63) is 91.5 Å². The molecule has 0 aliphatic carbocycles. The van der Waals surface area contributed by atoms with E-state index in [1.165, 1.54) is 19.2 Å². The predicted octanol–water partition coefficient (Wildman–Crippen LogP) is 6.81. The quantitative estimate of drug-likeness (QED) is 0.279. The van der Waals surface area contributed by atoms with E-state index in [2.05, 4.69) is 21.2 Å². The number of nitrogens with one attached hydrogen (secondary N) is 1. The number of halogens is 3. The molecule has 38 heavy (non-hydrogen) atoms. The smallest absolute Gasteiger partial charge is 0.294 e. The van der Waals surface area contributed by atoms with E-state index in [1.54, 1.807) is 48.5 Å². The van der Waals surface area contributed by atoms with Crippen LogP contribution in [0.5, 0.6) is 11.5 Å². The Hall–Kier alpha value is -3.34. The number of benzene rings is 3. The van der Waals surface area contributed by atoms with Gasteiger partial charge in [0.15, 0.2) is 11.5 Å². The van der Waals surface area contributed by atoms with Gasteiger partial charge in [0.05, 0.1) is 16.5 Å². The number of thioether (sulfide) groups is 1. The molecule has 1 aliphatic heterocycles. The zero-order valence-electron chi connectivity index (χ0n) is 20.2. The lowest BCUT2D eigenvalue weighted by Crippen LogP contribution is -2.36. The van der Waals surface area contributed by atoms with Gasteiger partial charge in [-0.25, -0.2) is 4.39 Å². The molecular weight excluding hydrogens is 599 g/mol. The molecule has 11 heteroatoms. The standard InChI is InChI=1S/C27H21BrClFN2O5S/c1-15-3-8-19(12-21(15)29)31-24(33)13-32-26(34)23(38-27(32)35)11-17-9-20(28)25(22(10-17)36-2)37-14-16-4-6-18(30)7-5-16/h3-12H,13-14H2,1-2H3,(H,31,33)/b23-11+. The number of rotatable bonds is 8. The molecule has 1 N–H and O–H groups in total. The highest BCUT2D eigenvalue weighted by atomic mass is 79.9. The van der Waals surface area contributed by atoms with E-state index in [1.807, 2.05) is 6.92 Å². The number of carbonyl (C=O) groups is 3. The second-order valence-electron chi connectivity index (χ2n) is 8.23. The zero-order chi connectivity index (χ0) is 27.4. The SMILES string of the molecule is COc1cc(/C=C2/SC(=O)N(CC(=O)Nc3ccc(C)c(Cl)c3)C2=O)cc(Br)c1OCc1ccc(F)cc1. The predicted molar refractivity (Wildman–Crippen MR) is 149 cm³/mol. The van der Waals surface area contributed by atoms with Crippen LogP contribution in [0.25, 0.3) is 6.08 Å². The normalized spacial score (nSPS) is 14.2. The summed E-state index contributed by atoms with van der Waals surface area (Å²) in [7, 11) is 1.48. The van der Waals surface area contributed by atoms with Gasteiger partial charge in [0, 0.05) is 10.7 Å². The third-order valence-electron chi connectivity index (χ3n) is 5.48. The van der Waals surface area contributed by atoms with Crippen LogP contribution in [0.15, 0.2) is 64.0 Å². The molecule has 4 rings (SSSR count). The zero-order valence-corrected chi connectivity index (χ0v) is 23.4. The van der Waals surface area contributed by atoms with Crippen LogP contribution in [0, 0.1) is 12.7 Å². The largest absolute Gasteiger partial charge is 0.493 e. The summed E-state index contributed by atoms with van der Waals surface area (Å²) in [6.45, 7) is 1.59. The van der Waals surface area contributed by atoms with Gasteiger partial charge in [-0.15, -0.1) is 0 Å². The first-order valence-corrected chi connectivity index (χ1v) is 13.2. The van der Waals surface area contributed by atoms with Gasteiger partial charge in [0.2, 0.25) is 5.91 Å². The third-order valence-corrected chi connectivity index (χ3v) is 7.38. The summed E-state index contributed by atoms with van der Waals surface area (Å²) >= 11 is 10.3. The molecule has 1 fully saturated rings. The number of aryl methyl sites for hydroxylation is 1. The molecule has 0 radical (unpaired) electrons. The van der Waals surface area contributed by atoms with Gasteiger partial charge < -0.3 is 14.8 Å². The average Bonchev–Trinajstić information content (AvgIpc) is 3.13. The van der Waals surface area contributed by atoms with Gasteiger partial charge in [-0.05, 0) is 93.8 Å². The molecule has 196 valence electrons. The molecule has 3 aromatic rings. The Labute approximate surface area is 236 Å². The van der Waals surface area contributed by atoms with Gasteiger partial charge in [0.25, 0.3) is 11.1 Å². The lowest BCUT2D eigenvalue weighted by Gasteiger charge is -2.14. The van der Waals surface area contributed by atoms with Crippen molar-refractivity contribution in [1.82, 2.24) is 4.90 Å². The van der Waals surface area contributed by atoms with Crippen LogP contribution in [0.2, 0.25) is 5.02 Å². The molecule has 0 unspecified atom stereocenters. The summed E-state index contributed by atoms with van der Waals surface area (Å²) in [5.41, 5.74) is 2.67. The van der Waals surface area contributed by atoms with E-state index in [9.17, 15) is 18.8 Å². The first kappa shape index (κ1) is 27.7. The Morgan fingerprint density at radius 2 is 1.89 bits per heavy atom. The van der Waals surface area contributed by atoms with E-state index in [0.29, 0.717) is 32.2 Å². The molecule has 3 aromatic carbocycles. The lowest BCUT2D eigenvalue weighted by molar-refractivity contribution is -0.127.